The summed E-state index contributed by atoms with van der Waals surface area (Å²) in [7, 11) is 1.39. The maximum absolute atomic E-state index is 10.8. The molecule has 1 aromatic rings. The van der Waals surface area contributed by atoms with Crippen LogP contribution in [0.25, 0.3) is 6.08 Å². The van der Waals surface area contributed by atoms with Gasteiger partial charge in [0.2, 0.25) is 0 Å². The molecule has 0 unspecified atom stereocenters. The average molecular weight is 269 g/mol. The van der Waals surface area contributed by atoms with Crippen molar-refractivity contribution in [2.45, 2.75) is 13.3 Å². The SMILES string of the molecule is COC(=O)CC=Cc1ccc(Br)c(C)c1. The van der Waals surface area contributed by atoms with Gasteiger partial charge in [0, 0.05) is 4.47 Å². The highest BCUT2D eigenvalue weighted by Crippen LogP contribution is 2.17. The fourth-order valence-electron chi connectivity index (χ4n) is 1.15. The summed E-state index contributed by atoms with van der Waals surface area (Å²) in [5.74, 6) is -0.222. The van der Waals surface area contributed by atoms with E-state index in [0.29, 0.717) is 6.42 Å². The Hall–Kier alpha value is -1.09. The van der Waals surface area contributed by atoms with E-state index in [-0.39, 0.29) is 5.97 Å². The van der Waals surface area contributed by atoms with Gasteiger partial charge in [-0.15, -0.1) is 0 Å². The molecule has 0 bridgehead atoms. The number of carbonyl (C=O) groups is 1. The number of aryl methyl sites for hydroxylation is 1. The van der Waals surface area contributed by atoms with Gasteiger partial charge in [-0.1, -0.05) is 40.2 Å². The largest absolute Gasteiger partial charge is 0.469 e. The molecule has 0 heterocycles. The lowest BCUT2D eigenvalue weighted by Crippen LogP contribution is -1.96. The standard InChI is InChI=1S/C12H13BrO2/c1-9-8-10(6-7-11(9)13)4-3-5-12(14)15-2/h3-4,6-8H,5H2,1-2H3. The van der Waals surface area contributed by atoms with Gasteiger partial charge in [0.25, 0.3) is 0 Å². The first-order valence-electron chi connectivity index (χ1n) is 4.63. The molecule has 0 aliphatic heterocycles. The Bertz CT molecular complexity index is 383. The van der Waals surface area contributed by atoms with Crippen molar-refractivity contribution in [3.8, 4) is 0 Å². The van der Waals surface area contributed by atoms with E-state index < -0.39 is 0 Å². The zero-order valence-electron chi connectivity index (χ0n) is 8.79. The molecule has 0 saturated heterocycles. The normalized spacial score (nSPS) is 10.6. The van der Waals surface area contributed by atoms with Gasteiger partial charge in [-0.2, -0.15) is 0 Å². The van der Waals surface area contributed by atoms with E-state index in [1.165, 1.54) is 12.7 Å². The van der Waals surface area contributed by atoms with Crippen molar-refractivity contribution in [3.05, 3.63) is 39.9 Å². The van der Waals surface area contributed by atoms with E-state index in [0.717, 1.165) is 10.0 Å². The molecule has 0 spiro atoms. The van der Waals surface area contributed by atoms with Crippen molar-refractivity contribution < 1.29 is 9.53 Å². The van der Waals surface area contributed by atoms with Gasteiger partial charge in [0.15, 0.2) is 0 Å². The van der Waals surface area contributed by atoms with Crippen LogP contribution in [0, 0.1) is 6.92 Å². The molecule has 0 saturated carbocycles. The molecule has 80 valence electrons. The predicted molar refractivity (Wildman–Crippen MR) is 64.5 cm³/mol. The number of halogens is 1. The lowest BCUT2D eigenvalue weighted by Gasteiger charge is -1.99. The number of methoxy groups -OCH3 is 1. The minimum absolute atomic E-state index is 0.222. The zero-order valence-corrected chi connectivity index (χ0v) is 10.4. The number of esters is 1. The first-order valence-corrected chi connectivity index (χ1v) is 5.42. The molecule has 0 radical (unpaired) electrons. The zero-order chi connectivity index (χ0) is 11.3. The average Bonchev–Trinajstić information content (AvgIpc) is 2.23. The Labute approximate surface area is 98.1 Å². The number of hydrogen-bond donors (Lipinski definition) is 0. The van der Waals surface area contributed by atoms with Crippen LogP contribution in [-0.2, 0) is 9.53 Å². The first kappa shape index (κ1) is 12.0. The Balaban J connectivity index is 2.65. The Morgan fingerprint density at radius 3 is 2.87 bits per heavy atom. The molecular weight excluding hydrogens is 256 g/mol. The minimum Gasteiger partial charge on any atom is -0.469 e. The van der Waals surface area contributed by atoms with E-state index >= 15 is 0 Å². The molecule has 3 heteroatoms. The monoisotopic (exact) mass is 268 g/mol. The van der Waals surface area contributed by atoms with Gasteiger partial charge in [0.05, 0.1) is 13.5 Å². The predicted octanol–water partition coefficient (Wildman–Crippen LogP) is 3.33. The highest BCUT2D eigenvalue weighted by molar-refractivity contribution is 9.10. The van der Waals surface area contributed by atoms with Crippen LogP contribution in [0.15, 0.2) is 28.7 Å². The van der Waals surface area contributed by atoms with E-state index in [4.69, 9.17) is 0 Å². The van der Waals surface area contributed by atoms with Crippen LogP contribution >= 0.6 is 15.9 Å². The van der Waals surface area contributed by atoms with E-state index in [1.54, 1.807) is 6.08 Å². The lowest BCUT2D eigenvalue weighted by molar-refractivity contribution is -0.139. The molecule has 0 atom stereocenters. The summed E-state index contributed by atoms with van der Waals surface area (Å²) >= 11 is 3.43. The maximum atomic E-state index is 10.8. The van der Waals surface area contributed by atoms with Gasteiger partial charge < -0.3 is 4.74 Å². The Morgan fingerprint density at radius 1 is 1.53 bits per heavy atom. The van der Waals surface area contributed by atoms with Crippen molar-refractivity contribution in [2.75, 3.05) is 7.11 Å². The molecule has 0 N–H and O–H groups in total. The molecule has 0 fully saturated rings. The molecule has 1 rings (SSSR count). The van der Waals surface area contributed by atoms with Crippen LogP contribution in [-0.4, -0.2) is 13.1 Å². The summed E-state index contributed by atoms with van der Waals surface area (Å²) in [6.45, 7) is 2.03. The fourth-order valence-corrected chi connectivity index (χ4v) is 1.39. The number of benzene rings is 1. The second-order valence-electron chi connectivity index (χ2n) is 3.19. The first-order chi connectivity index (χ1) is 7.13. The second-order valence-corrected chi connectivity index (χ2v) is 4.05. The van der Waals surface area contributed by atoms with Gasteiger partial charge in [-0.05, 0) is 24.1 Å². The van der Waals surface area contributed by atoms with Crippen LogP contribution in [0.1, 0.15) is 17.5 Å². The molecule has 0 aliphatic rings. The lowest BCUT2D eigenvalue weighted by atomic mass is 10.1. The van der Waals surface area contributed by atoms with Gasteiger partial charge >= 0.3 is 5.97 Å². The van der Waals surface area contributed by atoms with Gasteiger partial charge in [0.1, 0.15) is 0 Å². The third kappa shape index (κ3) is 3.88. The topological polar surface area (TPSA) is 26.3 Å². The summed E-state index contributed by atoms with van der Waals surface area (Å²) in [6.07, 6.45) is 4.02. The summed E-state index contributed by atoms with van der Waals surface area (Å²) in [6, 6.07) is 6.04. The quantitative estimate of drug-likeness (QED) is 0.787. The van der Waals surface area contributed by atoms with Crippen molar-refractivity contribution in [1.82, 2.24) is 0 Å². The summed E-state index contributed by atoms with van der Waals surface area (Å²) in [5, 5.41) is 0. The summed E-state index contributed by atoms with van der Waals surface area (Å²) in [5.41, 5.74) is 2.26. The summed E-state index contributed by atoms with van der Waals surface area (Å²) in [4.78, 5) is 10.8. The van der Waals surface area contributed by atoms with Crippen molar-refractivity contribution in [1.29, 1.82) is 0 Å². The highest BCUT2D eigenvalue weighted by Gasteiger charge is 1.96. The van der Waals surface area contributed by atoms with E-state index in [2.05, 4.69) is 26.7 Å². The number of hydrogen-bond acceptors (Lipinski definition) is 2. The van der Waals surface area contributed by atoms with Crippen LogP contribution in [0.2, 0.25) is 0 Å². The smallest absolute Gasteiger partial charge is 0.309 e. The molecule has 1 aromatic carbocycles. The molecule has 2 nitrogen and oxygen atoms in total. The minimum atomic E-state index is -0.222. The number of ether oxygens (including phenoxy) is 1. The molecule has 15 heavy (non-hydrogen) atoms. The molecular formula is C12H13BrO2. The molecule has 0 aromatic heterocycles. The third-order valence-electron chi connectivity index (χ3n) is 2.00. The molecule has 0 amide bonds. The third-order valence-corrected chi connectivity index (χ3v) is 2.89. The summed E-state index contributed by atoms with van der Waals surface area (Å²) < 4.78 is 5.62. The Morgan fingerprint density at radius 2 is 2.27 bits per heavy atom. The Kier molecular flexibility index (Phi) is 4.56. The van der Waals surface area contributed by atoms with Crippen LogP contribution in [0.5, 0.6) is 0 Å². The van der Waals surface area contributed by atoms with E-state index in [1.807, 2.05) is 25.1 Å². The number of carbonyl (C=O) groups excluding carboxylic acids is 1. The van der Waals surface area contributed by atoms with Crippen molar-refractivity contribution >= 4 is 28.0 Å². The van der Waals surface area contributed by atoms with E-state index in [9.17, 15) is 4.79 Å². The molecule has 0 aliphatic carbocycles. The number of rotatable bonds is 3. The second kappa shape index (κ2) is 5.71. The van der Waals surface area contributed by atoms with Crippen LogP contribution < -0.4 is 0 Å². The van der Waals surface area contributed by atoms with Gasteiger partial charge in [-0.25, -0.2) is 0 Å². The fraction of sp³-hybridized carbons (Fsp3) is 0.250. The van der Waals surface area contributed by atoms with Gasteiger partial charge in [-0.3, -0.25) is 4.79 Å². The van der Waals surface area contributed by atoms with Crippen LogP contribution in [0.4, 0.5) is 0 Å². The highest BCUT2D eigenvalue weighted by atomic mass is 79.9. The van der Waals surface area contributed by atoms with Crippen molar-refractivity contribution in [2.24, 2.45) is 0 Å². The maximum Gasteiger partial charge on any atom is 0.309 e. The van der Waals surface area contributed by atoms with Crippen LogP contribution in [0.3, 0.4) is 0 Å². The van der Waals surface area contributed by atoms with Crippen molar-refractivity contribution in [3.63, 3.8) is 0 Å².